The standard InChI is InChI=1S/C16H20N4O2/c1-19-11-13(12-5-2-7-17-15(12)19)16(22)18-8-4-10-20-9-3-6-14(20)21/h2,5,7,11H,3-4,6,8-10H2,1H3,(H,18,22). The van der Waals surface area contributed by atoms with E-state index in [4.69, 9.17) is 0 Å². The van der Waals surface area contributed by atoms with Gasteiger partial charge in [-0.15, -0.1) is 0 Å². The fourth-order valence-electron chi connectivity index (χ4n) is 2.90. The number of nitrogens with zero attached hydrogens (tertiary/aromatic N) is 3. The second-order valence-electron chi connectivity index (χ2n) is 5.62. The van der Waals surface area contributed by atoms with Crippen molar-refractivity contribution in [2.45, 2.75) is 19.3 Å². The molecule has 116 valence electrons. The summed E-state index contributed by atoms with van der Waals surface area (Å²) >= 11 is 0. The first-order valence-corrected chi connectivity index (χ1v) is 7.63. The van der Waals surface area contributed by atoms with E-state index in [-0.39, 0.29) is 11.8 Å². The summed E-state index contributed by atoms with van der Waals surface area (Å²) in [6, 6.07) is 3.73. The Morgan fingerprint density at radius 1 is 1.45 bits per heavy atom. The molecule has 0 bridgehead atoms. The number of hydrogen-bond donors (Lipinski definition) is 1. The predicted molar refractivity (Wildman–Crippen MR) is 83.5 cm³/mol. The molecule has 3 rings (SSSR count). The zero-order chi connectivity index (χ0) is 15.5. The van der Waals surface area contributed by atoms with E-state index < -0.39 is 0 Å². The van der Waals surface area contributed by atoms with Crippen molar-refractivity contribution in [3.8, 4) is 0 Å². The summed E-state index contributed by atoms with van der Waals surface area (Å²) in [6.45, 7) is 2.14. The van der Waals surface area contributed by atoms with Gasteiger partial charge in [0.25, 0.3) is 5.91 Å². The Morgan fingerprint density at radius 2 is 2.32 bits per heavy atom. The van der Waals surface area contributed by atoms with Crippen LogP contribution in [0.25, 0.3) is 11.0 Å². The second kappa shape index (κ2) is 6.17. The number of carbonyl (C=O) groups excluding carboxylic acids is 2. The summed E-state index contributed by atoms with van der Waals surface area (Å²) in [5, 5.41) is 3.78. The van der Waals surface area contributed by atoms with Crippen LogP contribution in [0.3, 0.4) is 0 Å². The molecule has 0 atom stereocenters. The predicted octanol–water partition coefficient (Wildman–Crippen LogP) is 1.32. The SMILES string of the molecule is Cn1cc(C(=O)NCCCN2CCCC2=O)c2cccnc21. The summed E-state index contributed by atoms with van der Waals surface area (Å²) < 4.78 is 1.85. The summed E-state index contributed by atoms with van der Waals surface area (Å²) in [7, 11) is 1.88. The number of carbonyl (C=O) groups is 2. The molecule has 2 aromatic heterocycles. The topological polar surface area (TPSA) is 67.2 Å². The number of aryl methyl sites for hydroxylation is 1. The first kappa shape index (κ1) is 14.6. The van der Waals surface area contributed by atoms with E-state index in [0.29, 0.717) is 18.5 Å². The molecule has 2 aromatic rings. The largest absolute Gasteiger partial charge is 0.352 e. The van der Waals surface area contributed by atoms with Crippen molar-refractivity contribution in [3.63, 3.8) is 0 Å². The van der Waals surface area contributed by atoms with Gasteiger partial charge in [-0.25, -0.2) is 4.98 Å². The van der Waals surface area contributed by atoms with Crippen LogP contribution in [-0.4, -0.2) is 45.9 Å². The molecule has 1 saturated heterocycles. The summed E-state index contributed by atoms with van der Waals surface area (Å²) in [5.41, 5.74) is 1.44. The average molecular weight is 300 g/mol. The Morgan fingerprint density at radius 3 is 3.09 bits per heavy atom. The molecule has 0 unspecified atom stereocenters. The number of nitrogens with one attached hydrogen (secondary N) is 1. The fourth-order valence-corrected chi connectivity index (χ4v) is 2.90. The Hall–Kier alpha value is -2.37. The van der Waals surface area contributed by atoms with Crippen LogP contribution in [0, 0.1) is 0 Å². The maximum absolute atomic E-state index is 12.3. The molecule has 0 radical (unpaired) electrons. The molecular formula is C16H20N4O2. The minimum absolute atomic E-state index is 0.0913. The maximum Gasteiger partial charge on any atom is 0.253 e. The van der Waals surface area contributed by atoms with Crippen LogP contribution in [0.5, 0.6) is 0 Å². The molecule has 1 N–H and O–H groups in total. The van der Waals surface area contributed by atoms with Crippen molar-refractivity contribution < 1.29 is 9.59 Å². The van der Waals surface area contributed by atoms with E-state index in [0.717, 1.165) is 37.0 Å². The van der Waals surface area contributed by atoms with Gasteiger partial charge < -0.3 is 14.8 Å². The highest BCUT2D eigenvalue weighted by Crippen LogP contribution is 2.18. The van der Waals surface area contributed by atoms with Gasteiger partial charge in [-0.3, -0.25) is 9.59 Å². The molecule has 22 heavy (non-hydrogen) atoms. The highest BCUT2D eigenvalue weighted by Gasteiger charge is 2.19. The lowest BCUT2D eigenvalue weighted by atomic mass is 10.2. The molecule has 0 spiro atoms. The molecule has 1 aliphatic heterocycles. The van der Waals surface area contributed by atoms with Gasteiger partial charge >= 0.3 is 0 Å². The molecule has 0 saturated carbocycles. The van der Waals surface area contributed by atoms with Gasteiger partial charge in [0.1, 0.15) is 5.65 Å². The smallest absolute Gasteiger partial charge is 0.253 e. The van der Waals surface area contributed by atoms with Gasteiger partial charge in [-0.1, -0.05) is 0 Å². The van der Waals surface area contributed by atoms with Crippen LogP contribution in [0.15, 0.2) is 24.5 Å². The Balaban J connectivity index is 1.56. The average Bonchev–Trinajstić information content (AvgIpc) is 3.08. The lowest BCUT2D eigenvalue weighted by Crippen LogP contribution is -2.30. The fraction of sp³-hybridized carbons (Fsp3) is 0.438. The molecule has 1 aliphatic rings. The van der Waals surface area contributed by atoms with E-state index in [9.17, 15) is 9.59 Å². The Labute approximate surface area is 129 Å². The molecule has 0 aliphatic carbocycles. The highest BCUT2D eigenvalue weighted by molar-refractivity contribution is 6.06. The van der Waals surface area contributed by atoms with E-state index in [1.54, 1.807) is 12.4 Å². The summed E-state index contributed by atoms with van der Waals surface area (Å²) in [4.78, 5) is 30.0. The highest BCUT2D eigenvalue weighted by atomic mass is 16.2. The van der Waals surface area contributed by atoms with Gasteiger partial charge in [-0.2, -0.15) is 0 Å². The number of aromatic nitrogens is 2. The van der Waals surface area contributed by atoms with Gasteiger partial charge in [0, 0.05) is 50.9 Å². The lowest BCUT2D eigenvalue weighted by molar-refractivity contribution is -0.127. The third-order valence-corrected chi connectivity index (χ3v) is 4.04. The minimum atomic E-state index is -0.0913. The zero-order valence-electron chi connectivity index (χ0n) is 12.7. The third kappa shape index (κ3) is 2.81. The van der Waals surface area contributed by atoms with Crippen molar-refractivity contribution in [3.05, 3.63) is 30.1 Å². The first-order valence-electron chi connectivity index (χ1n) is 7.63. The van der Waals surface area contributed by atoms with Crippen LogP contribution in [-0.2, 0) is 11.8 Å². The van der Waals surface area contributed by atoms with Crippen LogP contribution in [0.2, 0.25) is 0 Å². The molecule has 0 aromatic carbocycles. The molecule has 3 heterocycles. The van der Waals surface area contributed by atoms with Crippen LogP contribution in [0.1, 0.15) is 29.6 Å². The number of amides is 2. The minimum Gasteiger partial charge on any atom is -0.352 e. The van der Waals surface area contributed by atoms with Gasteiger partial charge in [0.15, 0.2) is 0 Å². The summed E-state index contributed by atoms with van der Waals surface area (Å²) in [6.07, 6.45) is 5.91. The van der Waals surface area contributed by atoms with Crippen molar-refractivity contribution in [1.82, 2.24) is 19.8 Å². The van der Waals surface area contributed by atoms with Crippen molar-refractivity contribution in [2.24, 2.45) is 7.05 Å². The van der Waals surface area contributed by atoms with Gasteiger partial charge in [0.05, 0.1) is 5.56 Å². The molecule has 6 heteroatoms. The molecule has 6 nitrogen and oxygen atoms in total. The Kier molecular flexibility index (Phi) is 4.09. The number of likely N-dealkylation sites (tertiary alicyclic amines) is 1. The van der Waals surface area contributed by atoms with Gasteiger partial charge in [-0.05, 0) is 25.0 Å². The number of rotatable bonds is 5. The quantitative estimate of drug-likeness (QED) is 0.847. The monoisotopic (exact) mass is 300 g/mol. The zero-order valence-corrected chi connectivity index (χ0v) is 12.7. The molecule has 1 fully saturated rings. The van der Waals surface area contributed by atoms with Gasteiger partial charge in [0.2, 0.25) is 5.91 Å². The van der Waals surface area contributed by atoms with E-state index in [1.165, 1.54) is 0 Å². The number of hydrogen-bond acceptors (Lipinski definition) is 3. The van der Waals surface area contributed by atoms with Crippen LogP contribution in [0.4, 0.5) is 0 Å². The van der Waals surface area contributed by atoms with E-state index >= 15 is 0 Å². The molecule has 2 amide bonds. The molecular weight excluding hydrogens is 280 g/mol. The number of pyridine rings is 1. The van der Waals surface area contributed by atoms with Crippen molar-refractivity contribution in [1.29, 1.82) is 0 Å². The second-order valence-corrected chi connectivity index (χ2v) is 5.62. The normalized spacial score (nSPS) is 14.8. The van der Waals surface area contributed by atoms with Crippen LogP contribution >= 0.6 is 0 Å². The Bertz CT molecular complexity index is 707. The van der Waals surface area contributed by atoms with Crippen LogP contribution < -0.4 is 5.32 Å². The van der Waals surface area contributed by atoms with Crippen molar-refractivity contribution >= 4 is 22.8 Å². The van der Waals surface area contributed by atoms with E-state index in [1.807, 2.05) is 28.6 Å². The number of fused-ring (bicyclic) bond motifs is 1. The lowest BCUT2D eigenvalue weighted by Gasteiger charge is -2.15. The third-order valence-electron chi connectivity index (χ3n) is 4.04. The maximum atomic E-state index is 12.3. The summed E-state index contributed by atoms with van der Waals surface area (Å²) in [5.74, 6) is 0.137. The first-order chi connectivity index (χ1) is 10.7. The van der Waals surface area contributed by atoms with E-state index in [2.05, 4.69) is 10.3 Å². The van der Waals surface area contributed by atoms with Crippen molar-refractivity contribution in [2.75, 3.05) is 19.6 Å².